The summed E-state index contributed by atoms with van der Waals surface area (Å²) in [5.41, 5.74) is 5.57. The number of aryl methyl sites for hydroxylation is 3. The lowest BCUT2D eigenvalue weighted by atomic mass is 10.00. The van der Waals surface area contributed by atoms with Gasteiger partial charge in [0.25, 0.3) is 0 Å². The van der Waals surface area contributed by atoms with E-state index in [0.717, 1.165) is 11.1 Å². The van der Waals surface area contributed by atoms with Crippen LogP contribution in [-0.2, 0) is 17.8 Å². The van der Waals surface area contributed by atoms with E-state index in [4.69, 9.17) is 14.2 Å². The van der Waals surface area contributed by atoms with Gasteiger partial charge >= 0.3 is 0 Å². The highest BCUT2D eigenvalue weighted by molar-refractivity contribution is 5.79. The largest absolute Gasteiger partial charge is 0.493 e. The molecule has 0 heterocycles. The van der Waals surface area contributed by atoms with Crippen LogP contribution in [0.1, 0.15) is 27.8 Å². The topological polar surface area (TPSA) is 56.8 Å². The van der Waals surface area contributed by atoms with Crippen molar-refractivity contribution >= 4 is 5.91 Å². The van der Waals surface area contributed by atoms with E-state index in [9.17, 15) is 4.79 Å². The molecule has 0 aliphatic rings. The average molecular weight is 357 g/mol. The minimum Gasteiger partial charge on any atom is -0.493 e. The number of ether oxygens (including phenoxy) is 3. The van der Waals surface area contributed by atoms with Crippen LogP contribution in [-0.4, -0.2) is 27.2 Å². The fourth-order valence-electron chi connectivity index (χ4n) is 3.16. The molecule has 26 heavy (non-hydrogen) atoms. The molecule has 2 aromatic rings. The van der Waals surface area contributed by atoms with Crippen LogP contribution < -0.4 is 19.5 Å². The molecule has 0 unspecified atom stereocenters. The third-order valence-electron chi connectivity index (χ3n) is 4.39. The second-order valence-corrected chi connectivity index (χ2v) is 6.36. The van der Waals surface area contributed by atoms with Gasteiger partial charge in [-0.2, -0.15) is 0 Å². The lowest BCUT2D eigenvalue weighted by Crippen LogP contribution is -2.25. The molecule has 0 bridgehead atoms. The number of hydrogen-bond donors (Lipinski definition) is 1. The Morgan fingerprint density at radius 2 is 1.42 bits per heavy atom. The normalized spacial score (nSPS) is 10.4. The first kappa shape index (κ1) is 19.6. The van der Waals surface area contributed by atoms with Gasteiger partial charge in [-0.3, -0.25) is 4.79 Å². The van der Waals surface area contributed by atoms with Crippen molar-refractivity contribution < 1.29 is 19.0 Å². The van der Waals surface area contributed by atoms with Crippen molar-refractivity contribution in [1.29, 1.82) is 0 Å². The lowest BCUT2D eigenvalue weighted by Gasteiger charge is -2.15. The Kier molecular flexibility index (Phi) is 6.50. The van der Waals surface area contributed by atoms with Crippen LogP contribution in [0.25, 0.3) is 0 Å². The minimum absolute atomic E-state index is 0.0568. The predicted octanol–water partition coefficient (Wildman–Crippen LogP) is 3.50. The van der Waals surface area contributed by atoms with E-state index in [0.29, 0.717) is 23.8 Å². The van der Waals surface area contributed by atoms with Crippen molar-refractivity contribution in [2.75, 3.05) is 21.3 Å². The van der Waals surface area contributed by atoms with Crippen LogP contribution in [0.2, 0.25) is 0 Å². The molecule has 0 saturated heterocycles. The number of hydrogen-bond acceptors (Lipinski definition) is 4. The van der Waals surface area contributed by atoms with Gasteiger partial charge in [-0.1, -0.05) is 17.7 Å². The Labute approximate surface area is 155 Å². The number of amides is 1. The van der Waals surface area contributed by atoms with Gasteiger partial charge in [0, 0.05) is 6.54 Å². The maximum atomic E-state index is 12.4. The number of nitrogens with one attached hydrogen (secondary N) is 1. The van der Waals surface area contributed by atoms with Gasteiger partial charge in [-0.15, -0.1) is 0 Å². The standard InChI is InChI=1S/C21H27NO4/c1-13-7-14(2)17(15(3)8-13)12-22-20(23)11-16-9-18(24-4)21(26-6)19(10-16)25-5/h7-10H,11-12H2,1-6H3,(H,22,23). The fourth-order valence-corrected chi connectivity index (χ4v) is 3.16. The molecule has 5 heteroatoms. The molecule has 0 spiro atoms. The van der Waals surface area contributed by atoms with E-state index in [-0.39, 0.29) is 12.3 Å². The third-order valence-corrected chi connectivity index (χ3v) is 4.39. The smallest absolute Gasteiger partial charge is 0.224 e. The third kappa shape index (κ3) is 4.48. The van der Waals surface area contributed by atoms with Gasteiger partial charge in [-0.05, 0) is 55.2 Å². The zero-order chi connectivity index (χ0) is 19.3. The Morgan fingerprint density at radius 3 is 1.88 bits per heavy atom. The van der Waals surface area contributed by atoms with Gasteiger partial charge in [-0.25, -0.2) is 0 Å². The van der Waals surface area contributed by atoms with Crippen molar-refractivity contribution in [3.05, 3.63) is 52.1 Å². The number of carbonyl (C=O) groups excluding carboxylic acids is 1. The van der Waals surface area contributed by atoms with E-state index < -0.39 is 0 Å². The molecule has 0 saturated carbocycles. The summed E-state index contributed by atoms with van der Waals surface area (Å²) in [6, 6.07) is 7.86. The van der Waals surface area contributed by atoms with Crippen LogP contribution in [0.3, 0.4) is 0 Å². The van der Waals surface area contributed by atoms with Gasteiger partial charge in [0.2, 0.25) is 11.7 Å². The minimum atomic E-state index is -0.0568. The highest BCUT2D eigenvalue weighted by Crippen LogP contribution is 2.38. The summed E-state index contributed by atoms with van der Waals surface area (Å²) in [6.45, 7) is 6.73. The van der Waals surface area contributed by atoms with Crippen molar-refractivity contribution in [1.82, 2.24) is 5.32 Å². The van der Waals surface area contributed by atoms with Crippen LogP contribution in [0.4, 0.5) is 0 Å². The van der Waals surface area contributed by atoms with Gasteiger partial charge < -0.3 is 19.5 Å². The summed E-state index contributed by atoms with van der Waals surface area (Å²) < 4.78 is 16.0. The molecule has 2 aromatic carbocycles. The Bertz CT molecular complexity index is 751. The monoisotopic (exact) mass is 357 g/mol. The van der Waals surface area contributed by atoms with E-state index in [1.807, 2.05) is 0 Å². The molecule has 0 aromatic heterocycles. The SMILES string of the molecule is COc1cc(CC(=O)NCc2c(C)cc(C)cc2C)cc(OC)c1OC. The lowest BCUT2D eigenvalue weighted by molar-refractivity contribution is -0.120. The predicted molar refractivity (Wildman–Crippen MR) is 102 cm³/mol. The Balaban J connectivity index is 2.11. The fraction of sp³-hybridized carbons (Fsp3) is 0.381. The first-order valence-corrected chi connectivity index (χ1v) is 8.51. The average Bonchev–Trinajstić information content (AvgIpc) is 2.59. The number of carbonyl (C=O) groups is 1. The molecule has 0 fully saturated rings. The van der Waals surface area contributed by atoms with E-state index in [1.165, 1.54) is 16.7 Å². The summed E-state index contributed by atoms with van der Waals surface area (Å²) in [7, 11) is 4.67. The molecule has 1 amide bonds. The van der Waals surface area contributed by atoms with Gasteiger partial charge in [0.15, 0.2) is 11.5 Å². The van der Waals surface area contributed by atoms with Crippen LogP contribution in [0, 0.1) is 20.8 Å². The maximum absolute atomic E-state index is 12.4. The van der Waals surface area contributed by atoms with Crippen molar-refractivity contribution in [2.24, 2.45) is 0 Å². The zero-order valence-corrected chi connectivity index (χ0v) is 16.4. The summed E-state index contributed by atoms with van der Waals surface area (Å²) >= 11 is 0. The quantitative estimate of drug-likeness (QED) is 0.824. The van der Waals surface area contributed by atoms with Crippen molar-refractivity contribution in [3.63, 3.8) is 0 Å². The Morgan fingerprint density at radius 1 is 0.885 bits per heavy atom. The Hall–Kier alpha value is -2.69. The highest BCUT2D eigenvalue weighted by Gasteiger charge is 2.15. The number of rotatable bonds is 7. The second-order valence-electron chi connectivity index (χ2n) is 6.36. The molecule has 5 nitrogen and oxygen atoms in total. The van der Waals surface area contributed by atoms with Crippen LogP contribution in [0.15, 0.2) is 24.3 Å². The first-order valence-electron chi connectivity index (χ1n) is 8.51. The summed E-state index contributed by atoms with van der Waals surface area (Å²) in [4.78, 5) is 12.4. The van der Waals surface area contributed by atoms with E-state index in [1.54, 1.807) is 33.5 Å². The molecular weight excluding hydrogens is 330 g/mol. The van der Waals surface area contributed by atoms with Crippen molar-refractivity contribution in [2.45, 2.75) is 33.7 Å². The molecule has 0 aliphatic heterocycles. The molecule has 0 atom stereocenters. The molecule has 1 N–H and O–H groups in total. The number of benzene rings is 2. The molecule has 140 valence electrons. The molecule has 0 radical (unpaired) electrons. The van der Waals surface area contributed by atoms with Crippen molar-refractivity contribution in [3.8, 4) is 17.2 Å². The van der Waals surface area contributed by atoms with Gasteiger partial charge in [0.1, 0.15) is 0 Å². The second kappa shape index (κ2) is 8.61. The van der Waals surface area contributed by atoms with Gasteiger partial charge in [0.05, 0.1) is 27.8 Å². The molecular formula is C21H27NO4. The zero-order valence-electron chi connectivity index (χ0n) is 16.4. The summed E-state index contributed by atoms with van der Waals surface area (Å²) in [5.74, 6) is 1.54. The summed E-state index contributed by atoms with van der Waals surface area (Å²) in [6.07, 6.45) is 0.237. The van der Waals surface area contributed by atoms with Crippen LogP contribution in [0.5, 0.6) is 17.2 Å². The maximum Gasteiger partial charge on any atom is 0.224 e. The first-order chi connectivity index (χ1) is 12.4. The highest BCUT2D eigenvalue weighted by atomic mass is 16.5. The number of methoxy groups -OCH3 is 3. The molecule has 2 rings (SSSR count). The van der Waals surface area contributed by atoms with E-state index >= 15 is 0 Å². The molecule has 0 aliphatic carbocycles. The van der Waals surface area contributed by atoms with E-state index in [2.05, 4.69) is 38.2 Å². The summed E-state index contributed by atoms with van der Waals surface area (Å²) in [5, 5.41) is 3.00. The van der Waals surface area contributed by atoms with Crippen LogP contribution >= 0.6 is 0 Å².